The molecule has 6 heteroatoms. The van der Waals surface area contributed by atoms with Gasteiger partial charge in [-0.1, -0.05) is 0 Å². The van der Waals surface area contributed by atoms with E-state index in [0.717, 1.165) is 44.8 Å². The van der Waals surface area contributed by atoms with Crippen molar-refractivity contribution in [2.45, 2.75) is 32.3 Å². The van der Waals surface area contributed by atoms with E-state index >= 15 is 0 Å². The molecule has 2 heterocycles. The molecule has 1 saturated heterocycles. The first-order valence-corrected chi connectivity index (χ1v) is 7.35. The van der Waals surface area contributed by atoms with Crippen LogP contribution < -0.4 is 15.4 Å². The van der Waals surface area contributed by atoms with E-state index in [4.69, 9.17) is 15.2 Å². The third-order valence-corrected chi connectivity index (χ3v) is 3.36. The van der Waals surface area contributed by atoms with Gasteiger partial charge in [-0.3, -0.25) is 4.98 Å². The van der Waals surface area contributed by atoms with Gasteiger partial charge in [0.2, 0.25) is 5.88 Å². The molecule has 0 aliphatic carbocycles. The molecule has 0 unspecified atom stereocenters. The highest BCUT2D eigenvalue weighted by atomic mass is 16.5. The minimum Gasteiger partial charge on any atom is -0.477 e. The van der Waals surface area contributed by atoms with E-state index in [1.54, 1.807) is 12.4 Å². The Kier molecular flexibility index (Phi) is 6.01. The van der Waals surface area contributed by atoms with Gasteiger partial charge in [-0.25, -0.2) is 0 Å². The second-order valence-electron chi connectivity index (χ2n) is 4.85. The van der Waals surface area contributed by atoms with E-state index in [0.29, 0.717) is 25.1 Å². The third kappa shape index (κ3) is 4.31. The summed E-state index contributed by atoms with van der Waals surface area (Å²) >= 11 is 0. The predicted octanol–water partition coefficient (Wildman–Crippen LogP) is 1.21. The molecular weight excluding hydrogens is 256 g/mol. The van der Waals surface area contributed by atoms with Gasteiger partial charge in [-0.15, -0.1) is 0 Å². The fourth-order valence-corrected chi connectivity index (χ4v) is 2.29. The van der Waals surface area contributed by atoms with Gasteiger partial charge in [-0.05, 0) is 32.7 Å². The van der Waals surface area contributed by atoms with E-state index in [1.165, 1.54) is 0 Å². The molecule has 0 amide bonds. The number of nitrogens with two attached hydrogens (primary N) is 1. The van der Waals surface area contributed by atoms with E-state index in [2.05, 4.69) is 14.9 Å². The van der Waals surface area contributed by atoms with Crippen LogP contribution in [0.2, 0.25) is 0 Å². The van der Waals surface area contributed by atoms with Gasteiger partial charge in [0.15, 0.2) is 5.82 Å². The number of hydrogen-bond acceptors (Lipinski definition) is 6. The summed E-state index contributed by atoms with van der Waals surface area (Å²) in [6.07, 6.45) is 6.76. The van der Waals surface area contributed by atoms with E-state index in [1.807, 2.05) is 6.92 Å². The van der Waals surface area contributed by atoms with Crippen molar-refractivity contribution < 1.29 is 9.47 Å². The summed E-state index contributed by atoms with van der Waals surface area (Å²) in [7, 11) is 0. The van der Waals surface area contributed by atoms with Gasteiger partial charge >= 0.3 is 0 Å². The van der Waals surface area contributed by atoms with Crippen LogP contribution in [0, 0.1) is 0 Å². The maximum atomic E-state index is 5.80. The van der Waals surface area contributed by atoms with Crippen LogP contribution in [0.25, 0.3) is 0 Å². The monoisotopic (exact) mass is 280 g/mol. The second kappa shape index (κ2) is 8.01. The fourth-order valence-electron chi connectivity index (χ4n) is 2.29. The highest BCUT2D eigenvalue weighted by molar-refractivity contribution is 5.38. The fraction of sp³-hybridized carbons (Fsp3) is 0.714. The largest absolute Gasteiger partial charge is 0.477 e. The Hall–Kier alpha value is -1.40. The van der Waals surface area contributed by atoms with Crippen molar-refractivity contribution in [2.24, 2.45) is 5.73 Å². The smallest absolute Gasteiger partial charge is 0.234 e. The Morgan fingerprint density at radius 2 is 2.15 bits per heavy atom. The molecule has 6 nitrogen and oxygen atoms in total. The lowest BCUT2D eigenvalue weighted by molar-refractivity contribution is 0.0365. The standard InChI is InChI=1S/C14H24N4O2/c1-2-19-14-11-16-10-13(17-14)18-7-4-12(5-8-18)20-9-3-6-15/h10-12H,2-9,15H2,1H3. The van der Waals surface area contributed by atoms with Crippen molar-refractivity contribution in [3.8, 4) is 5.88 Å². The van der Waals surface area contributed by atoms with Crippen molar-refractivity contribution in [1.82, 2.24) is 9.97 Å². The lowest BCUT2D eigenvalue weighted by atomic mass is 10.1. The molecule has 112 valence electrons. The summed E-state index contributed by atoms with van der Waals surface area (Å²) < 4.78 is 11.2. The summed E-state index contributed by atoms with van der Waals surface area (Å²) in [5.74, 6) is 1.47. The van der Waals surface area contributed by atoms with Crippen molar-refractivity contribution in [2.75, 3.05) is 37.7 Å². The average molecular weight is 280 g/mol. The predicted molar refractivity (Wildman–Crippen MR) is 78.1 cm³/mol. The number of anilines is 1. The molecule has 20 heavy (non-hydrogen) atoms. The van der Waals surface area contributed by atoms with Crippen LogP contribution in [0.1, 0.15) is 26.2 Å². The van der Waals surface area contributed by atoms with Crippen molar-refractivity contribution in [1.29, 1.82) is 0 Å². The Bertz CT molecular complexity index is 395. The topological polar surface area (TPSA) is 73.5 Å². The zero-order valence-corrected chi connectivity index (χ0v) is 12.1. The van der Waals surface area contributed by atoms with Crippen LogP contribution in [-0.2, 0) is 4.74 Å². The van der Waals surface area contributed by atoms with Crippen LogP contribution >= 0.6 is 0 Å². The Morgan fingerprint density at radius 1 is 1.35 bits per heavy atom. The Morgan fingerprint density at radius 3 is 2.85 bits per heavy atom. The number of aromatic nitrogens is 2. The first kappa shape index (κ1) is 15.0. The highest BCUT2D eigenvalue weighted by Gasteiger charge is 2.20. The molecule has 1 aliphatic rings. The summed E-state index contributed by atoms with van der Waals surface area (Å²) in [6.45, 7) is 5.89. The number of rotatable bonds is 7. The quantitative estimate of drug-likeness (QED) is 0.757. The van der Waals surface area contributed by atoms with E-state index in [-0.39, 0.29) is 0 Å². The average Bonchev–Trinajstić information content (AvgIpc) is 2.49. The number of hydrogen-bond donors (Lipinski definition) is 1. The molecule has 0 aromatic carbocycles. The molecule has 0 bridgehead atoms. The van der Waals surface area contributed by atoms with Gasteiger partial charge < -0.3 is 20.1 Å². The number of nitrogens with zero attached hydrogens (tertiary/aromatic N) is 3. The van der Waals surface area contributed by atoms with Crippen LogP contribution in [0.5, 0.6) is 5.88 Å². The van der Waals surface area contributed by atoms with Gasteiger partial charge in [0.1, 0.15) is 0 Å². The molecule has 0 atom stereocenters. The zero-order valence-electron chi connectivity index (χ0n) is 12.1. The molecule has 1 aromatic rings. The van der Waals surface area contributed by atoms with Crippen LogP contribution in [0.15, 0.2) is 12.4 Å². The van der Waals surface area contributed by atoms with Gasteiger partial charge in [0, 0.05) is 19.7 Å². The maximum Gasteiger partial charge on any atom is 0.234 e. The van der Waals surface area contributed by atoms with Crippen molar-refractivity contribution in [3.05, 3.63) is 12.4 Å². The first-order chi connectivity index (χ1) is 9.83. The minimum absolute atomic E-state index is 0.348. The van der Waals surface area contributed by atoms with E-state index < -0.39 is 0 Å². The summed E-state index contributed by atoms with van der Waals surface area (Å²) in [6, 6.07) is 0. The molecule has 2 rings (SSSR count). The van der Waals surface area contributed by atoms with Crippen molar-refractivity contribution >= 4 is 5.82 Å². The van der Waals surface area contributed by atoms with Crippen LogP contribution in [0.3, 0.4) is 0 Å². The minimum atomic E-state index is 0.348. The van der Waals surface area contributed by atoms with E-state index in [9.17, 15) is 0 Å². The molecule has 1 aromatic heterocycles. The van der Waals surface area contributed by atoms with Gasteiger partial charge in [0.25, 0.3) is 0 Å². The highest BCUT2D eigenvalue weighted by Crippen LogP contribution is 2.20. The second-order valence-corrected chi connectivity index (χ2v) is 4.85. The Balaban J connectivity index is 1.82. The number of ether oxygens (including phenoxy) is 2. The third-order valence-electron chi connectivity index (χ3n) is 3.36. The SMILES string of the molecule is CCOc1cncc(N2CCC(OCCCN)CC2)n1. The van der Waals surface area contributed by atoms with Crippen LogP contribution in [0.4, 0.5) is 5.82 Å². The Labute approximate surface area is 120 Å². The van der Waals surface area contributed by atoms with Crippen LogP contribution in [-0.4, -0.2) is 48.9 Å². The molecule has 2 N–H and O–H groups in total. The van der Waals surface area contributed by atoms with Gasteiger partial charge in [-0.2, -0.15) is 4.98 Å². The molecule has 1 fully saturated rings. The molecule has 0 spiro atoms. The maximum absolute atomic E-state index is 5.80. The first-order valence-electron chi connectivity index (χ1n) is 7.35. The van der Waals surface area contributed by atoms with Crippen molar-refractivity contribution in [3.63, 3.8) is 0 Å². The summed E-state index contributed by atoms with van der Waals surface area (Å²) in [5.41, 5.74) is 5.47. The van der Waals surface area contributed by atoms with Gasteiger partial charge in [0.05, 0.1) is 25.1 Å². The zero-order chi connectivity index (χ0) is 14.2. The molecular formula is C14H24N4O2. The lowest BCUT2D eigenvalue weighted by Gasteiger charge is -2.32. The summed E-state index contributed by atoms with van der Waals surface area (Å²) in [4.78, 5) is 10.9. The number of piperidine rings is 1. The summed E-state index contributed by atoms with van der Waals surface area (Å²) in [5, 5.41) is 0. The lowest BCUT2D eigenvalue weighted by Crippen LogP contribution is -2.37. The normalized spacial score (nSPS) is 16.4. The molecule has 1 aliphatic heterocycles. The molecule has 0 radical (unpaired) electrons. The molecule has 0 saturated carbocycles.